The van der Waals surface area contributed by atoms with Crippen molar-refractivity contribution in [3.8, 4) is 11.1 Å². The highest BCUT2D eigenvalue weighted by Crippen LogP contribution is 2.44. The van der Waals surface area contributed by atoms with Crippen molar-refractivity contribution in [2.24, 2.45) is 13.0 Å². The third-order valence-electron chi connectivity index (χ3n) is 6.67. The topological polar surface area (TPSA) is 114 Å². The zero-order chi connectivity index (χ0) is 24.5. The van der Waals surface area contributed by atoms with Gasteiger partial charge in [0.15, 0.2) is 5.69 Å². The highest BCUT2D eigenvalue weighted by molar-refractivity contribution is 6.01. The first-order valence-corrected chi connectivity index (χ1v) is 11.6. The number of aromatic nitrogens is 2. The summed E-state index contributed by atoms with van der Waals surface area (Å²) < 4.78 is 7.03. The van der Waals surface area contributed by atoms with Crippen molar-refractivity contribution in [1.29, 1.82) is 0 Å². The minimum atomic E-state index is -0.916. The summed E-state index contributed by atoms with van der Waals surface area (Å²) in [7, 11) is 1.65. The number of piperidine rings is 1. The second-order valence-corrected chi connectivity index (χ2v) is 8.94. The Morgan fingerprint density at radius 2 is 1.74 bits per heavy atom. The Labute approximate surface area is 202 Å². The molecular formula is C26H26N4O5. The van der Waals surface area contributed by atoms with Gasteiger partial charge in [0.1, 0.15) is 6.61 Å². The van der Waals surface area contributed by atoms with Gasteiger partial charge in [0.25, 0.3) is 5.91 Å². The van der Waals surface area contributed by atoms with Crippen LogP contribution in [-0.4, -0.2) is 57.5 Å². The molecule has 9 nitrogen and oxygen atoms in total. The van der Waals surface area contributed by atoms with Crippen molar-refractivity contribution in [3.05, 3.63) is 71.5 Å². The van der Waals surface area contributed by atoms with E-state index in [1.165, 1.54) is 15.8 Å². The van der Waals surface area contributed by atoms with E-state index >= 15 is 0 Å². The maximum absolute atomic E-state index is 13.1. The fraction of sp³-hybridized carbons (Fsp3) is 0.308. The number of aryl methyl sites for hydroxylation is 1. The van der Waals surface area contributed by atoms with Gasteiger partial charge in [0.2, 0.25) is 0 Å². The smallest absolute Gasteiger partial charge is 0.411 e. The molecule has 1 fully saturated rings. The molecule has 180 valence electrons. The first-order chi connectivity index (χ1) is 16.9. The molecule has 0 bridgehead atoms. The molecule has 2 aromatic carbocycles. The summed E-state index contributed by atoms with van der Waals surface area (Å²) in [6, 6.07) is 16.2. The number of aliphatic carboxylic acids is 1. The molecule has 1 aliphatic carbocycles. The van der Waals surface area contributed by atoms with Crippen molar-refractivity contribution < 1.29 is 24.2 Å². The van der Waals surface area contributed by atoms with Crippen molar-refractivity contribution >= 4 is 23.7 Å². The Kier molecular flexibility index (Phi) is 5.98. The number of rotatable bonds is 5. The van der Waals surface area contributed by atoms with E-state index in [9.17, 15) is 19.5 Å². The summed E-state index contributed by atoms with van der Waals surface area (Å²) in [6.45, 7) is 0.717. The number of benzene rings is 2. The Morgan fingerprint density at radius 3 is 2.40 bits per heavy atom. The van der Waals surface area contributed by atoms with Gasteiger partial charge in [-0.3, -0.25) is 19.6 Å². The molecule has 9 heteroatoms. The number of fused-ring (bicyclic) bond motifs is 3. The van der Waals surface area contributed by atoms with Crippen LogP contribution in [-0.2, 0) is 16.6 Å². The normalized spacial score (nSPS) is 16.9. The lowest BCUT2D eigenvalue weighted by molar-refractivity contribution is -0.143. The van der Waals surface area contributed by atoms with Crippen LogP contribution < -0.4 is 5.32 Å². The molecule has 3 aromatic rings. The summed E-state index contributed by atoms with van der Waals surface area (Å²) in [5.41, 5.74) is 4.78. The predicted molar refractivity (Wildman–Crippen MR) is 128 cm³/mol. The van der Waals surface area contributed by atoms with E-state index in [0.29, 0.717) is 19.4 Å². The van der Waals surface area contributed by atoms with E-state index in [1.807, 2.05) is 36.4 Å². The first-order valence-electron chi connectivity index (χ1n) is 11.6. The van der Waals surface area contributed by atoms with Crippen LogP contribution in [0.4, 0.5) is 10.5 Å². The van der Waals surface area contributed by atoms with Crippen LogP contribution >= 0.6 is 0 Å². The fourth-order valence-corrected chi connectivity index (χ4v) is 5.00. The van der Waals surface area contributed by atoms with Crippen LogP contribution in [0.15, 0.2) is 54.7 Å². The average molecular weight is 475 g/mol. The zero-order valence-electron chi connectivity index (χ0n) is 19.3. The number of hydrogen-bond donors (Lipinski definition) is 2. The minimum Gasteiger partial charge on any atom is -0.481 e. The lowest BCUT2D eigenvalue weighted by Gasteiger charge is -2.30. The molecular weight excluding hydrogens is 448 g/mol. The van der Waals surface area contributed by atoms with Crippen LogP contribution in [0, 0.1) is 5.92 Å². The molecule has 0 saturated carbocycles. The summed E-state index contributed by atoms with van der Waals surface area (Å²) >= 11 is 0. The first kappa shape index (κ1) is 22.6. The standard InChI is InChI=1S/C26H26N4O5/c1-29-14-22(23(28-29)24(31)30-12-6-7-16(13-30)25(32)33)27-26(34)35-15-21-19-10-4-2-8-17(19)18-9-3-5-11-20(18)21/h2-5,8-11,14,16,21H,6-7,12-13,15H2,1H3,(H,27,34)(H,32,33). The van der Waals surface area contributed by atoms with Crippen molar-refractivity contribution in [2.45, 2.75) is 18.8 Å². The van der Waals surface area contributed by atoms with Crippen LogP contribution in [0.3, 0.4) is 0 Å². The number of hydrogen-bond acceptors (Lipinski definition) is 5. The SMILES string of the molecule is Cn1cc(NC(=O)OCC2c3ccccc3-c3ccccc32)c(C(=O)N2CCCC(C(=O)O)C2)n1. The maximum Gasteiger partial charge on any atom is 0.411 e. The lowest BCUT2D eigenvalue weighted by Crippen LogP contribution is -2.42. The maximum atomic E-state index is 13.1. The molecule has 1 aliphatic heterocycles. The van der Waals surface area contributed by atoms with Gasteiger partial charge in [0.05, 0.1) is 11.6 Å². The largest absolute Gasteiger partial charge is 0.481 e. The van der Waals surface area contributed by atoms with Gasteiger partial charge in [-0.2, -0.15) is 5.10 Å². The Balaban J connectivity index is 1.28. The van der Waals surface area contributed by atoms with E-state index in [0.717, 1.165) is 22.3 Å². The lowest BCUT2D eigenvalue weighted by atomic mass is 9.98. The number of likely N-dealkylation sites (tertiary alicyclic amines) is 1. The van der Waals surface area contributed by atoms with Gasteiger partial charge in [0, 0.05) is 32.3 Å². The number of ether oxygens (including phenoxy) is 1. The highest BCUT2D eigenvalue weighted by atomic mass is 16.5. The number of nitrogens with zero attached hydrogens (tertiary/aromatic N) is 3. The molecule has 2 aliphatic rings. The number of carboxylic acid groups (broad SMARTS) is 1. The van der Waals surface area contributed by atoms with E-state index in [1.54, 1.807) is 7.05 Å². The van der Waals surface area contributed by atoms with E-state index in [4.69, 9.17) is 4.74 Å². The molecule has 1 aromatic heterocycles. The Bertz CT molecular complexity index is 1250. The third-order valence-corrected chi connectivity index (χ3v) is 6.67. The van der Waals surface area contributed by atoms with Gasteiger partial charge in [-0.05, 0) is 35.1 Å². The van der Waals surface area contributed by atoms with Crippen molar-refractivity contribution in [3.63, 3.8) is 0 Å². The molecule has 5 rings (SSSR count). The summed E-state index contributed by atoms with van der Waals surface area (Å²) in [4.78, 5) is 38.7. The van der Waals surface area contributed by atoms with Crippen molar-refractivity contribution in [2.75, 3.05) is 25.0 Å². The second-order valence-electron chi connectivity index (χ2n) is 8.94. The molecule has 1 atom stereocenters. The van der Waals surface area contributed by atoms with Crippen LogP contribution in [0.2, 0.25) is 0 Å². The van der Waals surface area contributed by atoms with Gasteiger partial charge < -0.3 is 14.7 Å². The zero-order valence-corrected chi connectivity index (χ0v) is 19.3. The highest BCUT2D eigenvalue weighted by Gasteiger charge is 2.32. The molecule has 0 spiro atoms. The van der Waals surface area contributed by atoms with Crippen LogP contribution in [0.1, 0.15) is 40.4 Å². The molecule has 0 radical (unpaired) electrons. The molecule has 1 saturated heterocycles. The van der Waals surface area contributed by atoms with Gasteiger partial charge in [-0.1, -0.05) is 48.5 Å². The number of carboxylic acids is 1. The Hall–Kier alpha value is -4.14. The molecule has 2 amide bonds. The van der Waals surface area contributed by atoms with E-state index in [-0.39, 0.29) is 30.5 Å². The predicted octanol–water partition coefficient (Wildman–Crippen LogP) is 3.72. The van der Waals surface area contributed by atoms with E-state index in [2.05, 4.69) is 22.5 Å². The molecule has 1 unspecified atom stereocenters. The third kappa shape index (κ3) is 4.37. The number of carbonyl (C=O) groups excluding carboxylic acids is 2. The van der Waals surface area contributed by atoms with E-state index < -0.39 is 23.9 Å². The number of anilines is 1. The minimum absolute atomic E-state index is 0.0621. The quantitative estimate of drug-likeness (QED) is 0.583. The molecule has 2 N–H and O–H groups in total. The van der Waals surface area contributed by atoms with Gasteiger partial charge >= 0.3 is 12.1 Å². The van der Waals surface area contributed by atoms with Crippen LogP contribution in [0.25, 0.3) is 11.1 Å². The monoisotopic (exact) mass is 474 g/mol. The average Bonchev–Trinajstić information content (AvgIpc) is 3.39. The molecule has 35 heavy (non-hydrogen) atoms. The van der Waals surface area contributed by atoms with Crippen molar-refractivity contribution in [1.82, 2.24) is 14.7 Å². The number of amides is 2. The fourth-order valence-electron chi connectivity index (χ4n) is 5.00. The Morgan fingerprint density at radius 1 is 1.09 bits per heavy atom. The summed E-state index contributed by atoms with van der Waals surface area (Å²) in [5.74, 6) is -2.01. The van der Waals surface area contributed by atoms with Gasteiger partial charge in [-0.25, -0.2) is 4.79 Å². The summed E-state index contributed by atoms with van der Waals surface area (Å²) in [6.07, 6.45) is 1.99. The number of carbonyl (C=O) groups is 3. The molecule has 2 heterocycles. The number of nitrogens with one attached hydrogen (secondary N) is 1. The summed E-state index contributed by atoms with van der Waals surface area (Å²) in [5, 5.41) is 16.2. The van der Waals surface area contributed by atoms with Crippen LogP contribution in [0.5, 0.6) is 0 Å². The van der Waals surface area contributed by atoms with Gasteiger partial charge in [-0.15, -0.1) is 0 Å². The second kappa shape index (κ2) is 9.25.